The van der Waals surface area contributed by atoms with Crippen molar-refractivity contribution in [2.75, 3.05) is 5.88 Å². The second-order valence-corrected chi connectivity index (χ2v) is 8.28. The average molecular weight is 389 g/mol. The first-order valence-corrected chi connectivity index (χ1v) is 12.1. The lowest BCUT2D eigenvalue weighted by atomic mass is 10.0. The molecular formula is C23H45ClO2. The fourth-order valence-electron chi connectivity index (χ4n) is 3.55. The van der Waals surface area contributed by atoms with Gasteiger partial charge >= 0.3 is 5.97 Å². The summed E-state index contributed by atoms with van der Waals surface area (Å²) in [6.07, 6.45) is 27.0. The first-order valence-electron chi connectivity index (χ1n) is 11.5. The maximum atomic E-state index is 10.4. The standard InChI is InChI=1S/C23H45ClO2/c24-22-20-18-16-14-12-10-8-6-4-2-1-3-5-7-9-11-13-15-17-19-21-23(25)26/h1-22H2,(H,25,26). The van der Waals surface area contributed by atoms with E-state index in [0.29, 0.717) is 6.42 Å². The fourth-order valence-corrected chi connectivity index (χ4v) is 3.74. The van der Waals surface area contributed by atoms with Crippen LogP contribution >= 0.6 is 11.6 Å². The Morgan fingerprint density at radius 1 is 0.462 bits per heavy atom. The highest BCUT2D eigenvalue weighted by molar-refractivity contribution is 6.17. The van der Waals surface area contributed by atoms with E-state index in [-0.39, 0.29) is 0 Å². The smallest absolute Gasteiger partial charge is 0.303 e. The maximum absolute atomic E-state index is 10.4. The molecule has 0 spiro atoms. The number of hydrogen-bond acceptors (Lipinski definition) is 1. The van der Waals surface area contributed by atoms with Crippen LogP contribution in [0, 0.1) is 0 Å². The van der Waals surface area contributed by atoms with E-state index in [4.69, 9.17) is 16.7 Å². The van der Waals surface area contributed by atoms with Crippen LogP contribution in [0.1, 0.15) is 135 Å². The van der Waals surface area contributed by atoms with Crippen molar-refractivity contribution in [2.24, 2.45) is 0 Å². The van der Waals surface area contributed by atoms with Crippen LogP contribution in [-0.4, -0.2) is 17.0 Å². The van der Waals surface area contributed by atoms with E-state index in [1.807, 2.05) is 0 Å². The van der Waals surface area contributed by atoms with Gasteiger partial charge in [-0.15, -0.1) is 11.6 Å². The predicted octanol–water partition coefficient (Wildman–Crippen LogP) is 8.50. The molecule has 0 rings (SSSR count). The summed E-state index contributed by atoms with van der Waals surface area (Å²) in [5.74, 6) is 0.176. The van der Waals surface area contributed by atoms with E-state index in [9.17, 15) is 4.79 Å². The van der Waals surface area contributed by atoms with Crippen molar-refractivity contribution in [3.8, 4) is 0 Å². The van der Waals surface area contributed by atoms with E-state index in [1.54, 1.807) is 0 Å². The van der Waals surface area contributed by atoms with Gasteiger partial charge in [-0.1, -0.05) is 116 Å². The van der Waals surface area contributed by atoms with E-state index < -0.39 is 5.97 Å². The molecule has 0 aliphatic rings. The average Bonchev–Trinajstić information content (AvgIpc) is 2.62. The minimum absolute atomic E-state index is 0.342. The molecule has 0 bridgehead atoms. The summed E-state index contributed by atoms with van der Waals surface area (Å²) in [6, 6.07) is 0. The summed E-state index contributed by atoms with van der Waals surface area (Å²) in [4.78, 5) is 10.4. The number of hydrogen-bond donors (Lipinski definition) is 1. The van der Waals surface area contributed by atoms with Gasteiger partial charge in [-0.05, 0) is 12.8 Å². The zero-order chi connectivity index (χ0) is 19.1. The number of aliphatic carboxylic acids is 1. The highest BCUT2D eigenvalue weighted by atomic mass is 35.5. The Bertz CT molecular complexity index is 281. The molecule has 0 aliphatic heterocycles. The lowest BCUT2D eigenvalue weighted by molar-refractivity contribution is -0.137. The largest absolute Gasteiger partial charge is 0.481 e. The molecule has 0 radical (unpaired) electrons. The van der Waals surface area contributed by atoms with Gasteiger partial charge in [0.1, 0.15) is 0 Å². The zero-order valence-electron chi connectivity index (χ0n) is 17.3. The van der Waals surface area contributed by atoms with Crippen molar-refractivity contribution < 1.29 is 9.90 Å². The van der Waals surface area contributed by atoms with Gasteiger partial charge in [0.2, 0.25) is 0 Å². The molecule has 0 fully saturated rings. The molecule has 0 amide bonds. The van der Waals surface area contributed by atoms with Gasteiger partial charge in [0.05, 0.1) is 0 Å². The molecule has 156 valence electrons. The Kier molecular flexibility index (Phi) is 22.6. The van der Waals surface area contributed by atoms with Crippen molar-refractivity contribution in [3.63, 3.8) is 0 Å². The highest BCUT2D eigenvalue weighted by Gasteiger charge is 1.97. The molecular weight excluding hydrogens is 344 g/mol. The zero-order valence-corrected chi connectivity index (χ0v) is 18.0. The summed E-state index contributed by atoms with van der Waals surface area (Å²) in [6.45, 7) is 0. The Morgan fingerprint density at radius 2 is 0.692 bits per heavy atom. The first-order chi connectivity index (χ1) is 12.8. The Morgan fingerprint density at radius 3 is 0.923 bits per heavy atom. The van der Waals surface area contributed by atoms with Crippen LogP contribution in [0.3, 0.4) is 0 Å². The second kappa shape index (κ2) is 22.8. The molecule has 3 heteroatoms. The lowest BCUT2D eigenvalue weighted by Gasteiger charge is -2.04. The number of unbranched alkanes of at least 4 members (excludes halogenated alkanes) is 19. The molecule has 0 aromatic carbocycles. The van der Waals surface area contributed by atoms with Crippen LogP contribution < -0.4 is 0 Å². The molecule has 0 unspecified atom stereocenters. The van der Waals surface area contributed by atoms with Gasteiger partial charge in [-0.3, -0.25) is 4.79 Å². The third-order valence-corrected chi connectivity index (χ3v) is 5.54. The maximum Gasteiger partial charge on any atom is 0.303 e. The van der Waals surface area contributed by atoms with E-state index >= 15 is 0 Å². The number of halogens is 1. The van der Waals surface area contributed by atoms with Gasteiger partial charge in [0.25, 0.3) is 0 Å². The van der Waals surface area contributed by atoms with Crippen molar-refractivity contribution >= 4 is 17.6 Å². The molecule has 0 heterocycles. The van der Waals surface area contributed by atoms with Gasteiger partial charge < -0.3 is 5.11 Å². The summed E-state index contributed by atoms with van der Waals surface area (Å²) < 4.78 is 0. The number of carboxylic acids is 1. The van der Waals surface area contributed by atoms with Crippen LogP contribution in [0.4, 0.5) is 0 Å². The molecule has 2 nitrogen and oxygen atoms in total. The summed E-state index contributed by atoms with van der Waals surface area (Å²) in [5.41, 5.74) is 0. The van der Waals surface area contributed by atoms with Crippen LogP contribution in [0.5, 0.6) is 0 Å². The minimum atomic E-state index is -0.654. The van der Waals surface area contributed by atoms with Crippen molar-refractivity contribution in [3.05, 3.63) is 0 Å². The second-order valence-electron chi connectivity index (χ2n) is 7.90. The first kappa shape index (κ1) is 25.8. The summed E-state index contributed by atoms with van der Waals surface area (Å²) in [5, 5.41) is 8.57. The SMILES string of the molecule is O=C(O)CCCCCCCCCCCCCCCCCCCCCCCl. The van der Waals surface area contributed by atoms with E-state index in [0.717, 1.165) is 18.7 Å². The highest BCUT2D eigenvalue weighted by Crippen LogP contribution is 2.15. The number of carbonyl (C=O) groups is 1. The van der Waals surface area contributed by atoms with Crippen LogP contribution in [0.25, 0.3) is 0 Å². The normalized spacial score (nSPS) is 11.1. The van der Waals surface area contributed by atoms with Gasteiger partial charge in [0, 0.05) is 12.3 Å². The van der Waals surface area contributed by atoms with Gasteiger partial charge in [-0.25, -0.2) is 0 Å². The number of alkyl halides is 1. The Balaban J connectivity index is 2.98. The molecule has 26 heavy (non-hydrogen) atoms. The molecule has 0 aromatic heterocycles. The van der Waals surface area contributed by atoms with Crippen LogP contribution in [0.2, 0.25) is 0 Å². The topological polar surface area (TPSA) is 37.3 Å². The Labute approximate surface area is 168 Å². The molecule has 0 aliphatic carbocycles. The molecule has 0 aromatic rings. The predicted molar refractivity (Wildman–Crippen MR) is 115 cm³/mol. The van der Waals surface area contributed by atoms with Gasteiger partial charge in [-0.2, -0.15) is 0 Å². The number of rotatable bonds is 22. The molecule has 0 atom stereocenters. The fraction of sp³-hybridized carbons (Fsp3) is 0.957. The molecule has 0 saturated heterocycles. The quantitative estimate of drug-likeness (QED) is 0.149. The molecule has 0 saturated carbocycles. The summed E-state index contributed by atoms with van der Waals surface area (Å²) in [7, 11) is 0. The van der Waals surface area contributed by atoms with E-state index in [1.165, 1.54) is 116 Å². The number of carboxylic acid groups (broad SMARTS) is 1. The van der Waals surface area contributed by atoms with Crippen LogP contribution in [-0.2, 0) is 4.79 Å². The monoisotopic (exact) mass is 388 g/mol. The molecule has 1 N–H and O–H groups in total. The summed E-state index contributed by atoms with van der Waals surface area (Å²) >= 11 is 5.68. The van der Waals surface area contributed by atoms with Crippen molar-refractivity contribution in [2.45, 2.75) is 135 Å². The third kappa shape index (κ3) is 23.8. The van der Waals surface area contributed by atoms with Crippen molar-refractivity contribution in [1.82, 2.24) is 0 Å². The van der Waals surface area contributed by atoms with Crippen molar-refractivity contribution in [1.29, 1.82) is 0 Å². The Hall–Kier alpha value is -0.240. The minimum Gasteiger partial charge on any atom is -0.481 e. The van der Waals surface area contributed by atoms with E-state index in [2.05, 4.69) is 0 Å². The third-order valence-electron chi connectivity index (χ3n) is 5.27. The lowest BCUT2D eigenvalue weighted by Crippen LogP contribution is -1.93. The van der Waals surface area contributed by atoms with Gasteiger partial charge in [0.15, 0.2) is 0 Å². The van der Waals surface area contributed by atoms with Crippen LogP contribution in [0.15, 0.2) is 0 Å².